The van der Waals surface area contributed by atoms with Crippen LogP contribution in [0.25, 0.3) is 0 Å². The molecule has 1 N–H and O–H groups in total. The van der Waals surface area contributed by atoms with E-state index in [9.17, 15) is 14.9 Å². The molecule has 0 saturated carbocycles. The highest BCUT2D eigenvalue weighted by molar-refractivity contribution is 5.98. The van der Waals surface area contributed by atoms with Crippen LogP contribution < -0.4 is 10.1 Å². The van der Waals surface area contributed by atoms with Gasteiger partial charge in [0.1, 0.15) is 17.4 Å². The van der Waals surface area contributed by atoms with Gasteiger partial charge < -0.3 is 9.64 Å². The number of pyridine rings is 1. The van der Waals surface area contributed by atoms with Gasteiger partial charge in [0.25, 0.3) is 0 Å². The quantitative estimate of drug-likeness (QED) is 0.902. The van der Waals surface area contributed by atoms with Gasteiger partial charge in [0.2, 0.25) is 11.8 Å². The zero-order valence-electron chi connectivity index (χ0n) is 15.6. The first-order valence-corrected chi connectivity index (χ1v) is 8.55. The van der Waals surface area contributed by atoms with Gasteiger partial charge in [0.15, 0.2) is 0 Å². The van der Waals surface area contributed by atoms with E-state index >= 15 is 0 Å². The van der Waals surface area contributed by atoms with Crippen molar-refractivity contribution in [2.75, 3.05) is 7.05 Å². The minimum Gasteiger partial charge on any atom is -0.438 e. The number of nitrogens with zero attached hydrogens (tertiary/aromatic N) is 3. The van der Waals surface area contributed by atoms with Crippen LogP contribution in [0.2, 0.25) is 0 Å². The van der Waals surface area contributed by atoms with Crippen LogP contribution in [0.5, 0.6) is 11.6 Å². The Bertz CT molecular complexity index is 944. The molecule has 138 valence electrons. The number of carbonyl (C=O) groups is 2. The Balaban J connectivity index is 1.93. The molecule has 0 radical (unpaired) electrons. The molecule has 1 fully saturated rings. The van der Waals surface area contributed by atoms with Crippen LogP contribution in [0.1, 0.15) is 35.2 Å². The van der Waals surface area contributed by atoms with Crippen molar-refractivity contribution < 1.29 is 14.3 Å². The van der Waals surface area contributed by atoms with Gasteiger partial charge in [0.05, 0.1) is 12.0 Å². The van der Waals surface area contributed by atoms with Gasteiger partial charge in [-0.1, -0.05) is 13.0 Å². The third kappa shape index (κ3) is 3.34. The van der Waals surface area contributed by atoms with E-state index in [4.69, 9.17) is 4.74 Å². The molecule has 2 heterocycles. The van der Waals surface area contributed by atoms with Crippen LogP contribution in [-0.4, -0.2) is 28.9 Å². The highest BCUT2D eigenvalue weighted by atomic mass is 16.5. The van der Waals surface area contributed by atoms with E-state index in [1.807, 2.05) is 26.0 Å². The smallest absolute Gasteiger partial charge is 0.324 e. The van der Waals surface area contributed by atoms with Crippen molar-refractivity contribution in [1.82, 2.24) is 15.2 Å². The number of aryl methyl sites for hydroxylation is 2. The molecule has 1 aliphatic heterocycles. The van der Waals surface area contributed by atoms with Crippen molar-refractivity contribution in [2.45, 2.75) is 26.8 Å². The van der Waals surface area contributed by atoms with Crippen LogP contribution in [0.15, 0.2) is 30.5 Å². The molecule has 7 heteroatoms. The molecule has 27 heavy (non-hydrogen) atoms. The number of ether oxygens (including phenoxy) is 1. The summed E-state index contributed by atoms with van der Waals surface area (Å²) in [5.74, 6) is 0.127. The third-order valence-electron chi connectivity index (χ3n) is 4.87. The van der Waals surface area contributed by atoms with Crippen LogP contribution in [-0.2, 0) is 4.79 Å². The van der Waals surface area contributed by atoms with Crippen molar-refractivity contribution in [3.8, 4) is 17.7 Å². The largest absolute Gasteiger partial charge is 0.438 e. The van der Waals surface area contributed by atoms with E-state index in [1.165, 1.54) is 4.90 Å². The van der Waals surface area contributed by atoms with E-state index in [0.717, 1.165) is 16.7 Å². The number of aromatic nitrogens is 1. The van der Waals surface area contributed by atoms with Crippen molar-refractivity contribution in [2.24, 2.45) is 5.92 Å². The molecule has 1 aromatic carbocycles. The van der Waals surface area contributed by atoms with Crippen LogP contribution in [0.4, 0.5) is 4.79 Å². The topological polar surface area (TPSA) is 95.3 Å². The van der Waals surface area contributed by atoms with Gasteiger partial charge in [-0.2, -0.15) is 5.26 Å². The second-order valence-electron chi connectivity index (χ2n) is 6.68. The molecular weight excluding hydrogens is 344 g/mol. The van der Waals surface area contributed by atoms with Gasteiger partial charge in [-0.25, -0.2) is 9.78 Å². The minimum absolute atomic E-state index is 0.252. The lowest BCUT2D eigenvalue weighted by molar-refractivity contribution is -0.127. The average molecular weight is 364 g/mol. The first kappa shape index (κ1) is 18.4. The molecule has 2 atom stereocenters. The monoisotopic (exact) mass is 364 g/mol. The summed E-state index contributed by atoms with van der Waals surface area (Å²) in [6.07, 6.45) is 1.59. The number of hydrogen-bond donors (Lipinski definition) is 1. The Kier molecular flexibility index (Phi) is 4.82. The SMILES string of the molecule is Cc1cc(Oc2nccc(C)c2C#N)ccc1C1C(C)C(=O)NC(=O)N1C. The van der Waals surface area contributed by atoms with Crippen LogP contribution >= 0.6 is 0 Å². The summed E-state index contributed by atoms with van der Waals surface area (Å²) in [4.78, 5) is 29.7. The third-order valence-corrected chi connectivity index (χ3v) is 4.87. The number of benzene rings is 1. The molecule has 2 unspecified atom stereocenters. The van der Waals surface area contributed by atoms with E-state index in [1.54, 1.807) is 32.3 Å². The summed E-state index contributed by atoms with van der Waals surface area (Å²) >= 11 is 0. The maximum Gasteiger partial charge on any atom is 0.324 e. The Morgan fingerprint density at radius 2 is 1.96 bits per heavy atom. The number of carbonyl (C=O) groups excluding carboxylic acids is 2. The molecule has 1 aromatic heterocycles. The van der Waals surface area contributed by atoms with Crippen molar-refractivity contribution in [3.63, 3.8) is 0 Å². The maximum atomic E-state index is 12.0. The number of nitrogens with one attached hydrogen (secondary N) is 1. The highest BCUT2D eigenvalue weighted by Gasteiger charge is 2.38. The lowest BCUT2D eigenvalue weighted by atomic mass is 9.88. The van der Waals surface area contributed by atoms with Crippen molar-refractivity contribution in [1.29, 1.82) is 5.26 Å². The number of nitriles is 1. The summed E-state index contributed by atoms with van der Waals surface area (Å²) < 4.78 is 5.81. The van der Waals surface area contributed by atoms with E-state index < -0.39 is 6.03 Å². The second kappa shape index (κ2) is 7.08. The predicted molar refractivity (Wildman–Crippen MR) is 98.1 cm³/mol. The summed E-state index contributed by atoms with van der Waals surface area (Å²) in [7, 11) is 1.67. The molecular formula is C20H20N4O3. The Labute approximate surface area is 157 Å². The maximum absolute atomic E-state index is 12.0. The van der Waals surface area contributed by atoms with Gasteiger partial charge in [-0.3, -0.25) is 10.1 Å². The Hall–Kier alpha value is -3.40. The molecule has 2 aromatic rings. The number of urea groups is 1. The molecule has 0 spiro atoms. The predicted octanol–water partition coefficient (Wildman–Crippen LogP) is 3.22. The molecule has 0 aliphatic carbocycles. The zero-order chi connectivity index (χ0) is 19.7. The number of hydrogen-bond acceptors (Lipinski definition) is 5. The molecule has 3 rings (SSSR count). The van der Waals surface area contributed by atoms with Gasteiger partial charge in [-0.05, 0) is 48.7 Å². The first-order valence-electron chi connectivity index (χ1n) is 8.55. The Morgan fingerprint density at radius 1 is 1.22 bits per heavy atom. The van der Waals surface area contributed by atoms with E-state index in [2.05, 4.69) is 16.4 Å². The lowest BCUT2D eigenvalue weighted by Crippen LogP contribution is -2.53. The summed E-state index contributed by atoms with van der Waals surface area (Å²) in [6, 6.07) is 8.51. The zero-order valence-corrected chi connectivity index (χ0v) is 15.6. The second-order valence-corrected chi connectivity index (χ2v) is 6.68. The fraction of sp³-hybridized carbons (Fsp3) is 0.300. The number of rotatable bonds is 3. The standard InChI is InChI=1S/C20H20N4O3/c1-11-7-8-22-19(16(11)10-21)27-14-5-6-15(12(2)9-14)17-13(3)18(25)23-20(26)24(17)4/h5-9,13,17H,1-4H3,(H,23,25,26). The molecule has 1 saturated heterocycles. The fourth-order valence-corrected chi connectivity index (χ4v) is 3.29. The minimum atomic E-state index is -0.412. The van der Waals surface area contributed by atoms with E-state index in [-0.39, 0.29) is 23.7 Å². The van der Waals surface area contributed by atoms with Crippen LogP contribution in [0.3, 0.4) is 0 Å². The highest BCUT2D eigenvalue weighted by Crippen LogP contribution is 2.35. The molecule has 1 aliphatic rings. The van der Waals surface area contributed by atoms with Crippen LogP contribution in [0, 0.1) is 31.1 Å². The van der Waals surface area contributed by atoms with Gasteiger partial charge in [0, 0.05) is 13.2 Å². The van der Waals surface area contributed by atoms with Crippen molar-refractivity contribution >= 4 is 11.9 Å². The lowest BCUT2D eigenvalue weighted by Gasteiger charge is -2.37. The normalized spacial score (nSPS) is 19.4. The number of amides is 3. The molecule has 0 bridgehead atoms. The first-order chi connectivity index (χ1) is 12.8. The summed E-state index contributed by atoms with van der Waals surface area (Å²) in [5, 5.41) is 11.7. The fourth-order valence-electron chi connectivity index (χ4n) is 3.29. The number of imide groups is 1. The average Bonchev–Trinajstić information content (AvgIpc) is 2.62. The van der Waals surface area contributed by atoms with Crippen molar-refractivity contribution in [3.05, 3.63) is 52.7 Å². The van der Waals surface area contributed by atoms with Gasteiger partial charge >= 0.3 is 6.03 Å². The summed E-state index contributed by atoms with van der Waals surface area (Å²) in [6.45, 7) is 5.51. The van der Waals surface area contributed by atoms with E-state index in [0.29, 0.717) is 11.3 Å². The molecule has 7 nitrogen and oxygen atoms in total. The van der Waals surface area contributed by atoms with Gasteiger partial charge in [-0.15, -0.1) is 0 Å². The Morgan fingerprint density at radius 3 is 2.63 bits per heavy atom. The summed E-state index contributed by atoms with van der Waals surface area (Å²) in [5.41, 5.74) is 2.93. The molecule has 3 amide bonds.